The molecule has 1 atom stereocenters. The van der Waals surface area contributed by atoms with Crippen LogP contribution in [0.3, 0.4) is 0 Å². The van der Waals surface area contributed by atoms with Crippen LogP contribution in [0.25, 0.3) is 0 Å². The molecule has 0 spiro atoms. The molecule has 1 amide bonds. The maximum atomic E-state index is 11.5. The topological polar surface area (TPSA) is 64.6 Å². The van der Waals surface area contributed by atoms with Crippen LogP contribution in [0.15, 0.2) is 30.3 Å². The molecule has 0 heterocycles. The Balaban J connectivity index is 2.04. The second-order valence-electron chi connectivity index (χ2n) is 4.70. The van der Waals surface area contributed by atoms with E-state index in [1.54, 1.807) is 6.92 Å². The average molecular weight is 372 g/mol. The third-order valence-corrected chi connectivity index (χ3v) is 3.74. The summed E-state index contributed by atoms with van der Waals surface area (Å²) in [6.07, 6.45) is 1.85. The van der Waals surface area contributed by atoms with Crippen LogP contribution in [0.2, 0.25) is 0 Å². The minimum Gasteiger partial charge on any atom is -0.465 e. The number of halogens is 1. The summed E-state index contributed by atoms with van der Waals surface area (Å²) in [5.41, 5.74) is 0.953. The molecule has 1 unspecified atom stereocenters. The van der Waals surface area contributed by atoms with Crippen LogP contribution in [0, 0.1) is 0 Å². The summed E-state index contributed by atoms with van der Waals surface area (Å²) in [6, 6.07) is 9.52. The van der Waals surface area contributed by atoms with E-state index >= 15 is 0 Å². The number of benzene rings is 1. The van der Waals surface area contributed by atoms with Gasteiger partial charge >= 0.3 is 12.1 Å². The molecular weight excluding hydrogens is 350 g/mol. The third-order valence-electron chi connectivity index (χ3n) is 2.91. The molecule has 1 N–H and O–H groups in total. The van der Waals surface area contributed by atoms with Gasteiger partial charge in [-0.1, -0.05) is 46.3 Å². The lowest BCUT2D eigenvalue weighted by Crippen LogP contribution is -2.25. The lowest BCUT2D eigenvalue weighted by atomic mass is 10.2. The predicted molar refractivity (Wildman–Crippen MR) is 87.8 cm³/mol. The normalized spacial score (nSPS) is 11.5. The van der Waals surface area contributed by atoms with Crippen LogP contribution >= 0.6 is 15.9 Å². The fourth-order valence-corrected chi connectivity index (χ4v) is 2.22. The molecule has 0 bridgehead atoms. The molecule has 122 valence electrons. The summed E-state index contributed by atoms with van der Waals surface area (Å²) in [5, 5.41) is 2.69. The van der Waals surface area contributed by atoms with Crippen LogP contribution in [-0.4, -0.2) is 30.0 Å². The van der Waals surface area contributed by atoms with E-state index < -0.39 is 6.09 Å². The van der Waals surface area contributed by atoms with Crippen molar-refractivity contribution in [3.8, 4) is 0 Å². The van der Waals surface area contributed by atoms with Crippen LogP contribution in [-0.2, 0) is 20.9 Å². The van der Waals surface area contributed by atoms with Gasteiger partial charge in [0.15, 0.2) is 0 Å². The van der Waals surface area contributed by atoms with Crippen molar-refractivity contribution in [1.29, 1.82) is 0 Å². The van der Waals surface area contributed by atoms with Gasteiger partial charge in [0.05, 0.1) is 6.61 Å². The van der Waals surface area contributed by atoms with Crippen molar-refractivity contribution in [3.63, 3.8) is 0 Å². The van der Waals surface area contributed by atoms with Crippen molar-refractivity contribution >= 4 is 28.0 Å². The second kappa shape index (κ2) is 11.1. The van der Waals surface area contributed by atoms with Gasteiger partial charge in [-0.3, -0.25) is 4.79 Å². The zero-order valence-electron chi connectivity index (χ0n) is 12.7. The number of ether oxygens (including phenoxy) is 2. The smallest absolute Gasteiger partial charge is 0.407 e. The molecule has 1 rings (SSSR count). The molecule has 22 heavy (non-hydrogen) atoms. The molecule has 0 aliphatic rings. The molecule has 0 aromatic heterocycles. The van der Waals surface area contributed by atoms with Gasteiger partial charge in [-0.2, -0.15) is 0 Å². The van der Waals surface area contributed by atoms with Crippen molar-refractivity contribution in [3.05, 3.63) is 35.9 Å². The van der Waals surface area contributed by atoms with Gasteiger partial charge in [0.25, 0.3) is 0 Å². The average Bonchev–Trinajstić information content (AvgIpc) is 2.53. The Morgan fingerprint density at radius 3 is 2.59 bits per heavy atom. The second-order valence-corrected chi connectivity index (χ2v) is 5.81. The quantitative estimate of drug-likeness (QED) is 0.410. The van der Waals surface area contributed by atoms with Crippen molar-refractivity contribution in [2.24, 2.45) is 0 Å². The first-order valence-electron chi connectivity index (χ1n) is 7.38. The number of nitrogens with one attached hydrogen (secondary N) is 1. The van der Waals surface area contributed by atoms with Gasteiger partial charge in [0.2, 0.25) is 0 Å². The van der Waals surface area contributed by atoms with E-state index in [0.717, 1.165) is 18.4 Å². The van der Waals surface area contributed by atoms with E-state index in [0.29, 0.717) is 19.6 Å². The monoisotopic (exact) mass is 371 g/mol. The van der Waals surface area contributed by atoms with Gasteiger partial charge in [0, 0.05) is 6.54 Å². The minimum absolute atomic E-state index is 0.238. The molecule has 1 aromatic carbocycles. The van der Waals surface area contributed by atoms with E-state index in [-0.39, 0.29) is 17.4 Å². The summed E-state index contributed by atoms with van der Waals surface area (Å²) in [6.45, 7) is 2.95. The first-order chi connectivity index (χ1) is 10.6. The van der Waals surface area contributed by atoms with Crippen LogP contribution < -0.4 is 5.32 Å². The number of esters is 1. The van der Waals surface area contributed by atoms with E-state index in [1.807, 2.05) is 30.3 Å². The highest BCUT2D eigenvalue weighted by Crippen LogP contribution is 2.11. The first-order valence-corrected chi connectivity index (χ1v) is 8.30. The number of rotatable bonds is 9. The number of amides is 1. The number of carbonyl (C=O) groups excluding carboxylic acids is 2. The van der Waals surface area contributed by atoms with Gasteiger partial charge < -0.3 is 14.8 Å². The molecule has 0 fully saturated rings. The van der Waals surface area contributed by atoms with E-state index in [4.69, 9.17) is 9.47 Å². The largest absolute Gasteiger partial charge is 0.465 e. The molecule has 0 aliphatic carbocycles. The van der Waals surface area contributed by atoms with Crippen molar-refractivity contribution in [1.82, 2.24) is 5.32 Å². The van der Waals surface area contributed by atoms with Gasteiger partial charge in [-0.25, -0.2) is 4.79 Å². The summed E-state index contributed by atoms with van der Waals surface area (Å²) in [7, 11) is 0. The van der Waals surface area contributed by atoms with E-state index in [1.165, 1.54) is 0 Å². The Kier molecular flexibility index (Phi) is 9.30. The summed E-state index contributed by atoms with van der Waals surface area (Å²) in [5.74, 6) is -0.238. The Bertz CT molecular complexity index is 453. The Morgan fingerprint density at radius 2 is 1.91 bits per heavy atom. The molecule has 0 radical (unpaired) electrons. The minimum atomic E-state index is -0.426. The fourth-order valence-electron chi connectivity index (χ4n) is 1.76. The predicted octanol–water partition coefficient (Wildman–Crippen LogP) is 3.41. The lowest BCUT2D eigenvalue weighted by molar-refractivity contribution is -0.142. The Hall–Kier alpha value is -1.56. The van der Waals surface area contributed by atoms with E-state index in [9.17, 15) is 9.59 Å². The summed E-state index contributed by atoms with van der Waals surface area (Å²) in [4.78, 5) is 22.6. The highest BCUT2D eigenvalue weighted by Gasteiger charge is 2.14. The highest BCUT2D eigenvalue weighted by molar-refractivity contribution is 9.10. The SMILES string of the molecule is CCOC(=O)C(Br)CCCCNC(=O)OCc1ccccc1. The number of hydrogen-bond acceptors (Lipinski definition) is 4. The van der Waals surface area contributed by atoms with E-state index in [2.05, 4.69) is 21.2 Å². The highest BCUT2D eigenvalue weighted by atomic mass is 79.9. The zero-order valence-corrected chi connectivity index (χ0v) is 14.3. The fraction of sp³-hybridized carbons (Fsp3) is 0.500. The van der Waals surface area contributed by atoms with Gasteiger partial charge in [0.1, 0.15) is 11.4 Å². The maximum Gasteiger partial charge on any atom is 0.407 e. The number of carbonyl (C=O) groups is 2. The zero-order chi connectivity index (χ0) is 16.2. The van der Waals surface area contributed by atoms with Crippen LogP contribution in [0.4, 0.5) is 4.79 Å². The van der Waals surface area contributed by atoms with Crippen molar-refractivity contribution in [2.45, 2.75) is 37.6 Å². The van der Waals surface area contributed by atoms with Crippen LogP contribution in [0.5, 0.6) is 0 Å². The number of alkyl halides is 1. The molecule has 0 saturated heterocycles. The lowest BCUT2D eigenvalue weighted by Gasteiger charge is -2.09. The molecule has 0 aliphatic heterocycles. The molecule has 6 heteroatoms. The standard InChI is InChI=1S/C16H22BrNO4/c1-2-21-15(19)14(17)10-6-7-11-18-16(20)22-12-13-8-4-3-5-9-13/h3-5,8-9,14H,2,6-7,10-12H2,1H3,(H,18,20). The van der Waals surface area contributed by atoms with Crippen molar-refractivity contribution < 1.29 is 19.1 Å². The molecule has 1 aromatic rings. The van der Waals surface area contributed by atoms with Crippen molar-refractivity contribution in [2.75, 3.05) is 13.2 Å². The number of unbranched alkanes of at least 4 members (excludes halogenated alkanes) is 1. The Labute approximate surface area is 139 Å². The van der Waals surface area contributed by atoms with Gasteiger partial charge in [-0.05, 0) is 31.7 Å². The maximum absolute atomic E-state index is 11.5. The molecule has 0 saturated carbocycles. The summed E-state index contributed by atoms with van der Waals surface area (Å²) < 4.78 is 9.99. The number of alkyl carbamates (subject to hydrolysis) is 1. The number of hydrogen-bond donors (Lipinski definition) is 1. The first kappa shape index (κ1) is 18.5. The molecule has 5 nitrogen and oxygen atoms in total. The third kappa shape index (κ3) is 8.02. The summed E-state index contributed by atoms with van der Waals surface area (Å²) >= 11 is 3.29. The van der Waals surface area contributed by atoms with Gasteiger partial charge in [-0.15, -0.1) is 0 Å². The van der Waals surface area contributed by atoms with Crippen LogP contribution in [0.1, 0.15) is 31.7 Å². The molecular formula is C16H22BrNO4. The Morgan fingerprint density at radius 1 is 1.18 bits per heavy atom.